The van der Waals surface area contributed by atoms with Crippen LogP contribution >= 0.6 is 11.8 Å². The zero-order valence-corrected chi connectivity index (χ0v) is 11.0. The van der Waals surface area contributed by atoms with Crippen LogP contribution in [0.15, 0.2) is 24.3 Å². The average molecular weight is 268 g/mol. The summed E-state index contributed by atoms with van der Waals surface area (Å²) in [5.41, 5.74) is 6.91. The van der Waals surface area contributed by atoms with Crippen LogP contribution in [0.2, 0.25) is 0 Å². The summed E-state index contributed by atoms with van der Waals surface area (Å²) < 4.78 is 4.49. The average Bonchev–Trinajstić information content (AvgIpc) is 2.37. The van der Waals surface area contributed by atoms with Gasteiger partial charge < -0.3 is 15.8 Å². The van der Waals surface area contributed by atoms with Crippen molar-refractivity contribution in [1.29, 1.82) is 0 Å². The molecule has 0 saturated carbocycles. The summed E-state index contributed by atoms with van der Waals surface area (Å²) in [5.74, 6) is 0.484. The summed E-state index contributed by atoms with van der Waals surface area (Å²) >= 11 is 1.37. The Bertz CT molecular complexity index is 406. The van der Waals surface area contributed by atoms with Gasteiger partial charge >= 0.3 is 5.97 Å². The molecule has 0 atom stereocenters. The molecule has 5 nitrogen and oxygen atoms in total. The van der Waals surface area contributed by atoms with Gasteiger partial charge in [-0.15, -0.1) is 11.8 Å². The molecular formula is C12H16N2O3S. The number of methoxy groups -OCH3 is 1. The van der Waals surface area contributed by atoms with E-state index in [0.717, 1.165) is 0 Å². The van der Waals surface area contributed by atoms with Crippen LogP contribution in [0, 0.1) is 0 Å². The Hall–Kier alpha value is -1.69. The Balaban J connectivity index is 2.21. The van der Waals surface area contributed by atoms with Crippen LogP contribution in [-0.2, 0) is 14.3 Å². The van der Waals surface area contributed by atoms with Gasteiger partial charge in [0, 0.05) is 23.5 Å². The Morgan fingerprint density at radius 1 is 1.33 bits per heavy atom. The zero-order chi connectivity index (χ0) is 13.4. The minimum atomic E-state index is -0.279. The third-order valence-electron chi connectivity index (χ3n) is 2.12. The van der Waals surface area contributed by atoms with Gasteiger partial charge in [-0.25, -0.2) is 0 Å². The van der Waals surface area contributed by atoms with Crippen molar-refractivity contribution in [2.24, 2.45) is 0 Å². The lowest BCUT2D eigenvalue weighted by atomic mass is 10.3. The number of hydrogen-bond acceptors (Lipinski definition) is 5. The normalized spacial score (nSPS) is 9.83. The molecule has 1 rings (SSSR count). The van der Waals surface area contributed by atoms with Gasteiger partial charge in [-0.05, 0) is 24.3 Å². The highest BCUT2D eigenvalue weighted by Crippen LogP contribution is 2.11. The Morgan fingerprint density at radius 2 is 2.00 bits per heavy atom. The number of benzene rings is 1. The van der Waals surface area contributed by atoms with Crippen molar-refractivity contribution in [2.45, 2.75) is 6.42 Å². The second-order valence-corrected chi connectivity index (χ2v) is 4.65. The molecule has 0 fully saturated rings. The zero-order valence-electron chi connectivity index (χ0n) is 10.1. The van der Waals surface area contributed by atoms with Gasteiger partial charge in [0.1, 0.15) is 0 Å². The molecule has 0 aliphatic carbocycles. The van der Waals surface area contributed by atoms with Crippen molar-refractivity contribution in [1.82, 2.24) is 0 Å². The summed E-state index contributed by atoms with van der Waals surface area (Å²) in [7, 11) is 1.34. The predicted molar refractivity (Wildman–Crippen MR) is 73.4 cm³/mol. The first kappa shape index (κ1) is 14.4. The van der Waals surface area contributed by atoms with Crippen LogP contribution in [0.4, 0.5) is 11.4 Å². The second kappa shape index (κ2) is 7.60. The third kappa shape index (κ3) is 5.58. The number of ether oxygens (including phenoxy) is 1. The highest BCUT2D eigenvalue weighted by Gasteiger charge is 2.04. The summed E-state index contributed by atoms with van der Waals surface area (Å²) in [4.78, 5) is 22.4. The van der Waals surface area contributed by atoms with E-state index in [0.29, 0.717) is 23.5 Å². The van der Waals surface area contributed by atoms with Crippen molar-refractivity contribution in [2.75, 3.05) is 29.7 Å². The van der Waals surface area contributed by atoms with E-state index in [4.69, 9.17) is 5.73 Å². The quantitative estimate of drug-likeness (QED) is 0.464. The molecule has 0 aliphatic rings. The molecule has 3 N–H and O–H groups in total. The minimum absolute atomic E-state index is 0.0860. The molecule has 1 aromatic rings. The summed E-state index contributed by atoms with van der Waals surface area (Å²) in [6.07, 6.45) is 0.353. The number of rotatable bonds is 6. The lowest BCUT2D eigenvalue weighted by Crippen LogP contribution is -2.13. The molecule has 0 unspecified atom stereocenters. The van der Waals surface area contributed by atoms with Crippen molar-refractivity contribution >= 4 is 35.0 Å². The highest BCUT2D eigenvalue weighted by atomic mass is 32.2. The van der Waals surface area contributed by atoms with E-state index in [9.17, 15) is 9.59 Å². The molecule has 0 heterocycles. The van der Waals surface area contributed by atoms with Gasteiger partial charge in [0.15, 0.2) is 0 Å². The topological polar surface area (TPSA) is 81.4 Å². The molecule has 0 spiro atoms. The molecule has 0 bridgehead atoms. The lowest BCUT2D eigenvalue weighted by molar-refractivity contribution is -0.137. The minimum Gasteiger partial charge on any atom is -0.468 e. The molecule has 1 amide bonds. The first-order valence-electron chi connectivity index (χ1n) is 5.42. The lowest BCUT2D eigenvalue weighted by Gasteiger charge is -2.05. The molecule has 18 heavy (non-hydrogen) atoms. The van der Waals surface area contributed by atoms with Gasteiger partial charge in [0.2, 0.25) is 5.91 Å². The molecule has 0 saturated heterocycles. The fraction of sp³-hybridized carbons (Fsp3) is 0.333. The van der Waals surface area contributed by atoms with E-state index >= 15 is 0 Å². The fourth-order valence-electron chi connectivity index (χ4n) is 1.17. The van der Waals surface area contributed by atoms with E-state index in [-0.39, 0.29) is 17.6 Å². The molecule has 0 aliphatic heterocycles. The summed E-state index contributed by atoms with van der Waals surface area (Å²) in [6, 6.07) is 6.94. The monoisotopic (exact) mass is 268 g/mol. The third-order valence-corrected chi connectivity index (χ3v) is 3.05. The van der Waals surface area contributed by atoms with Crippen molar-refractivity contribution in [3.05, 3.63) is 24.3 Å². The van der Waals surface area contributed by atoms with Crippen molar-refractivity contribution in [3.63, 3.8) is 0 Å². The predicted octanol–water partition coefficient (Wildman–Crippen LogP) is 1.50. The molecular weight excluding hydrogens is 252 g/mol. The van der Waals surface area contributed by atoms with Gasteiger partial charge in [-0.3, -0.25) is 9.59 Å². The van der Waals surface area contributed by atoms with Crippen LogP contribution in [0.25, 0.3) is 0 Å². The summed E-state index contributed by atoms with van der Waals surface area (Å²) in [5, 5.41) is 2.75. The molecule has 0 aromatic heterocycles. The number of carbonyl (C=O) groups is 2. The molecule has 0 radical (unpaired) electrons. The SMILES string of the molecule is COC(=O)CSCCC(=O)Nc1ccc(N)cc1. The maximum absolute atomic E-state index is 11.5. The number of anilines is 2. The highest BCUT2D eigenvalue weighted by molar-refractivity contribution is 7.99. The smallest absolute Gasteiger partial charge is 0.315 e. The number of nitrogens with one attached hydrogen (secondary N) is 1. The van der Waals surface area contributed by atoms with E-state index in [2.05, 4.69) is 10.1 Å². The van der Waals surface area contributed by atoms with Gasteiger partial charge in [0.25, 0.3) is 0 Å². The van der Waals surface area contributed by atoms with Gasteiger partial charge in [0.05, 0.1) is 12.9 Å². The van der Waals surface area contributed by atoms with E-state index in [1.54, 1.807) is 24.3 Å². The number of nitrogens with two attached hydrogens (primary N) is 1. The number of thioether (sulfide) groups is 1. The van der Waals surface area contributed by atoms with Crippen LogP contribution in [0.1, 0.15) is 6.42 Å². The standard InChI is InChI=1S/C12H16N2O3S/c1-17-12(16)8-18-7-6-11(15)14-10-4-2-9(13)3-5-10/h2-5H,6-8,13H2,1H3,(H,14,15). The van der Waals surface area contributed by atoms with E-state index < -0.39 is 0 Å². The maximum Gasteiger partial charge on any atom is 0.315 e. The molecule has 1 aromatic carbocycles. The molecule has 98 valence electrons. The van der Waals surface area contributed by atoms with Gasteiger partial charge in [-0.1, -0.05) is 0 Å². The largest absolute Gasteiger partial charge is 0.468 e. The van der Waals surface area contributed by atoms with Crippen LogP contribution < -0.4 is 11.1 Å². The van der Waals surface area contributed by atoms with E-state index in [1.807, 2.05) is 0 Å². The molecule has 6 heteroatoms. The number of hydrogen-bond donors (Lipinski definition) is 2. The van der Waals surface area contributed by atoms with Crippen LogP contribution in [0.3, 0.4) is 0 Å². The number of amides is 1. The van der Waals surface area contributed by atoms with E-state index in [1.165, 1.54) is 18.9 Å². The number of esters is 1. The van der Waals surface area contributed by atoms with Crippen LogP contribution in [0.5, 0.6) is 0 Å². The first-order chi connectivity index (χ1) is 8.61. The Kier molecular flexibility index (Phi) is 6.07. The van der Waals surface area contributed by atoms with Crippen molar-refractivity contribution < 1.29 is 14.3 Å². The Labute approximate surface area is 110 Å². The number of nitrogen functional groups attached to an aromatic ring is 1. The Morgan fingerprint density at radius 3 is 2.61 bits per heavy atom. The van der Waals surface area contributed by atoms with Crippen molar-refractivity contribution in [3.8, 4) is 0 Å². The first-order valence-corrected chi connectivity index (χ1v) is 6.57. The fourth-order valence-corrected chi connectivity index (χ4v) is 1.93. The van der Waals surface area contributed by atoms with Crippen LogP contribution in [-0.4, -0.2) is 30.5 Å². The van der Waals surface area contributed by atoms with Gasteiger partial charge in [-0.2, -0.15) is 0 Å². The second-order valence-electron chi connectivity index (χ2n) is 3.55. The maximum atomic E-state index is 11.5. The summed E-state index contributed by atoms with van der Waals surface area (Å²) in [6.45, 7) is 0. The number of carbonyl (C=O) groups excluding carboxylic acids is 2.